The van der Waals surface area contributed by atoms with Gasteiger partial charge >= 0.3 is 0 Å². The van der Waals surface area contributed by atoms with E-state index in [1.165, 1.54) is 6.42 Å². The second-order valence-corrected chi connectivity index (χ2v) is 5.00. The van der Waals surface area contributed by atoms with Crippen molar-refractivity contribution >= 4 is 0 Å². The highest BCUT2D eigenvalue weighted by molar-refractivity contribution is 5.31. The topological polar surface area (TPSA) is 32.7 Å². The van der Waals surface area contributed by atoms with Gasteiger partial charge in [0.25, 0.3) is 0 Å². The quantitative estimate of drug-likeness (QED) is 0.871. The summed E-state index contributed by atoms with van der Waals surface area (Å²) in [4.78, 5) is 2.37. The lowest BCUT2D eigenvalue weighted by Gasteiger charge is -2.32. The van der Waals surface area contributed by atoms with E-state index in [0.717, 1.165) is 44.6 Å². The molecule has 1 unspecified atom stereocenters. The van der Waals surface area contributed by atoms with Gasteiger partial charge in [0.05, 0.1) is 6.10 Å². The lowest BCUT2D eigenvalue weighted by atomic mass is 10.1. The molecule has 0 bridgehead atoms. The van der Waals surface area contributed by atoms with Gasteiger partial charge in [-0.3, -0.25) is 4.90 Å². The number of para-hydroxylation sites is 1. The van der Waals surface area contributed by atoms with Crippen molar-refractivity contribution in [3.63, 3.8) is 0 Å². The Morgan fingerprint density at radius 1 is 1.39 bits per heavy atom. The van der Waals surface area contributed by atoms with E-state index in [2.05, 4.69) is 11.8 Å². The van der Waals surface area contributed by atoms with E-state index in [-0.39, 0.29) is 0 Å². The van der Waals surface area contributed by atoms with E-state index >= 15 is 0 Å². The van der Waals surface area contributed by atoms with E-state index in [1.807, 2.05) is 18.2 Å². The molecule has 1 saturated heterocycles. The molecular weight excluding hydrogens is 226 g/mol. The average molecular weight is 249 g/mol. The molecule has 0 aromatic heterocycles. The molecule has 1 fully saturated rings. The first-order valence-corrected chi connectivity index (χ1v) is 6.90. The molecule has 1 atom stereocenters. The number of benzene rings is 1. The summed E-state index contributed by atoms with van der Waals surface area (Å²) >= 11 is 0. The maximum atomic E-state index is 9.79. The van der Waals surface area contributed by atoms with Crippen molar-refractivity contribution in [2.75, 3.05) is 19.7 Å². The fourth-order valence-electron chi connectivity index (χ4n) is 2.46. The summed E-state index contributed by atoms with van der Waals surface area (Å²) in [6, 6.07) is 7.59. The SMILES string of the molecule is CCCOC1CCCN(Cc2ccccc2O)C1. The zero-order chi connectivity index (χ0) is 12.8. The van der Waals surface area contributed by atoms with E-state index < -0.39 is 0 Å². The lowest BCUT2D eigenvalue weighted by Crippen LogP contribution is -2.39. The Bertz CT molecular complexity index is 367. The summed E-state index contributed by atoms with van der Waals surface area (Å²) < 4.78 is 5.83. The number of aromatic hydroxyl groups is 1. The molecule has 1 aliphatic heterocycles. The minimum Gasteiger partial charge on any atom is -0.508 e. The van der Waals surface area contributed by atoms with Gasteiger partial charge in [0.1, 0.15) is 5.75 Å². The van der Waals surface area contributed by atoms with Gasteiger partial charge in [-0.15, -0.1) is 0 Å². The number of likely N-dealkylation sites (tertiary alicyclic amines) is 1. The molecule has 1 aromatic rings. The first-order chi connectivity index (χ1) is 8.79. The van der Waals surface area contributed by atoms with Crippen LogP contribution in [0.3, 0.4) is 0 Å². The van der Waals surface area contributed by atoms with Gasteiger partial charge in [-0.1, -0.05) is 25.1 Å². The van der Waals surface area contributed by atoms with Crippen LogP contribution in [0.5, 0.6) is 5.75 Å². The Hall–Kier alpha value is -1.06. The van der Waals surface area contributed by atoms with Crippen molar-refractivity contribution in [3.05, 3.63) is 29.8 Å². The van der Waals surface area contributed by atoms with Crippen LogP contribution in [0.15, 0.2) is 24.3 Å². The number of hydrogen-bond acceptors (Lipinski definition) is 3. The smallest absolute Gasteiger partial charge is 0.120 e. The Kier molecular flexibility index (Phi) is 5.02. The second kappa shape index (κ2) is 6.76. The zero-order valence-electron chi connectivity index (χ0n) is 11.1. The predicted octanol–water partition coefficient (Wildman–Crippen LogP) is 2.78. The summed E-state index contributed by atoms with van der Waals surface area (Å²) in [5.74, 6) is 0.397. The number of nitrogens with zero attached hydrogens (tertiary/aromatic N) is 1. The van der Waals surface area contributed by atoms with Crippen molar-refractivity contribution in [1.29, 1.82) is 0 Å². The van der Waals surface area contributed by atoms with Crippen LogP contribution in [0, 0.1) is 0 Å². The molecule has 0 amide bonds. The fourth-order valence-corrected chi connectivity index (χ4v) is 2.46. The van der Waals surface area contributed by atoms with Gasteiger partial charge in [0.2, 0.25) is 0 Å². The number of hydrogen-bond donors (Lipinski definition) is 1. The van der Waals surface area contributed by atoms with Gasteiger partial charge < -0.3 is 9.84 Å². The summed E-state index contributed by atoms with van der Waals surface area (Å²) in [7, 11) is 0. The third kappa shape index (κ3) is 3.72. The van der Waals surface area contributed by atoms with Crippen LogP contribution in [0.25, 0.3) is 0 Å². The molecule has 3 heteroatoms. The lowest BCUT2D eigenvalue weighted by molar-refractivity contribution is -0.00238. The van der Waals surface area contributed by atoms with Gasteiger partial charge in [-0.05, 0) is 31.9 Å². The molecule has 18 heavy (non-hydrogen) atoms. The first-order valence-electron chi connectivity index (χ1n) is 6.90. The largest absolute Gasteiger partial charge is 0.508 e. The molecule has 3 nitrogen and oxygen atoms in total. The van der Waals surface area contributed by atoms with Crippen molar-refractivity contribution in [2.24, 2.45) is 0 Å². The van der Waals surface area contributed by atoms with Crippen molar-refractivity contribution in [2.45, 2.75) is 38.8 Å². The monoisotopic (exact) mass is 249 g/mol. The fraction of sp³-hybridized carbons (Fsp3) is 0.600. The highest BCUT2D eigenvalue weighted by atomic mass is 16.5. The zero-order valence-corrected chi connectivity index (χ0v) is 11.1. The summed E-state index contributed by atoms with van der Waals surface area (Å²) in [5.41, 5.74) is 1.01. The highest BCUT2D eigenvalue weighted by Gasteiger charge is 2.20. The molecule has 100 valence electrons. The van der Waals surface area contributed by atoms with Gasteiger partial charge in [-0.2, -0.15) is 0 Å². The van der Waals surface area contributed by atoms with Gasteiger partial charge in [0.15, 0.2) is 0 Å². The highest BCUT2D eigenvalue weighted by Crippen LogP contribution is 2.21. The summed E-state index contributed by atoms with van der Waals surface area (Å²) in [6.07, 6.45) is 3.79. The van der Waals surface area contributed by atoms with Crippen LogP contribution in [0.4, 0.5) is 0 Å². The average Bonchev–Trinajstić information content (AvgIpc) is 2.40. The summed E-state index contributed by atoms with van der Waals surface area (Å²) in [5, 5.41) is 9.79. The van der Waals surface area contributed by atoms with Crippen LogP contribution >= 0.6 is 0 Å². The number of rotatable bonds is 5. The third-order valence-electron chi connectivity index (χ3n) is 3.41. The Labute approximate surface area is 109 Å². The number of ether oxygens (including phenoxy) is 1. The Morgan fingerprint density at radius 2 is 2.22 bits per heavy atom. The molecular formula is C15H23NO2. The predicted molar refractivity (Wildman–Crippen MR) is 72.6 cm³/mol. The molecule has 0 saturated carbocycles. The molecule has 1 aliphatic rings. The molecule has 0 aliphatic carbocycles. The van der Waals surface area contributed by atoms with Crippen molar-refractivity contribution in [1.82, 2.24) is 4.90 Å². The molecule has 2 rings (SSSR count). The van der Waals surface area contributed by atoms with E-state index in [4.69, 9.17) is 4.74 Å². The van der Waals surface area contributed by atoms with Crippen LogP contribution in [-0.4, -0.2) is 35.8 Å². The number of phenolic OH excluding ortho intramolecular Hbond substituents is 1. The van der Waals surface area contributed by atoms with Gasteiger partial charge in [0, 0.05) is 25.3 Å². The minimum absolute atomic E-state index is 0.365. The third-order valence-corrected chi connectivity index (χ3v) is 3.41. The first kappa shape index (κ1) is 13.4. The van der Waals surface area contributed by atoms with Gasteiger partial charge in [-0.25, -0.2) is 0 Å². The second-order valence-electron chi connectivity index (χ2n) is 5.00. The van der Waals surface area contributed by atoms with Crippen LogP contribution < -0.4 is 0 Å². The maximum Gasteiger partial charge on any atom is 0.120 e. The number of piperidine rings is 1. The van der Waals surface area contributed by atoms with Crippen molar-refractivity contribution < 1.29 is 9.84 Å². The Morgan fingerprint density at radius 3 is 3.00 bits per heavy atom. The van der Waals surface area contributed by atoms with Crippen LogP contribution in [0.2, 0.25) is 0 Å². The molecule has 1 N–H and O–H groups in total. The number of phenols is 1. The minimum atomic E-state index is 0.365. The molecule has 0 radical (unpaired) electrons. The van der Waals surface area contributed by atoms with Crippen LogP contribution in [0.1, 0.15) is 31.7 Å². The van der Waals surface area contributed by atoms with Crippen molar-refractivity contribution in [3.8, 4) is 5.75 Å². The maximum absolute atomic E-state index is 9.79. The summed E-state index contributed by atoms with van der Waals surface area (Å²) in [6.45, 7) is 5.89. The van der Waals surface area contributed by atoms with E-state index in [1.54, 1.807) is 6.07 Å². The molecule has 1 aromatic carbocycles. The normalized spacial score (nSPS) is 21.1. The standard InChI is InChI=1S/C15H23NO2/c1-2-10-18-14-7-5-9-16(12-14)11-13-6-3-4-8-15(13)17/h3-4,6,8,14,17H,2,5,7,9-12H2,1H3. The molecule has 0 spiro atoms. The van der Waals surface area contributed by atoms with E-state index in [9.17, 15) is 5.11 Å². The molecule has 1 heterocycles. The Balaban J connectivity index is 1.87. The van der Waals surface area contributed by atoms with E-state index in [0.29, 0.717) is 11.9 Å². The van der Waals surface area contributed by atoms with Crippen LogP contribution in [-0.2, 0) is 11.3 Å².